The average Bonchev–Trinajstić information content (AvgIpc) is 2.70. The molecule has 0 saturated carbocycles. The quantitative estimate of drug-likeness (QED) is 0.662. The number of nitrogens with one attached hydrogen (secondary N) is 1. The predicted octanol–water partition coefficient (Wildman–Crippen LogP) is 0.500. The Balaban J connectivity index is 2.10. The third kappa shape index (κ3) is 3.95. The van der Waals surface area contributed by atoms with Crippen LogP contribution in [-0.2, 0) is 29.1 Å². The zero-order valence-corrected chi connectivity index (χ0v) is 15.1. The number of nitriles is 1. The van der Waals surface area contributed by atoms with Crippen molar-refractivity contribution >= 4 is 11.9 Å². The highest BCUT2D eigenvalue weighted by molar-refractivity contribution is 5.98. The van der Waals surface area contributed by atoms with Crippen molar-refractivity contribution in [3.8, 4) is 11.8 Å². The van der Waals surface area contributed by atoms with Crippen LogP contribution < -0.4 is 10.9 Å². The number of aromatic nitrogens is 1. The molecule has 2 aromatic rings. The van der Waals surface area contributed by atoms with Crippen molar-refractivity contribution in [1.82, 2.24) is 9.88 Å². The van der Waals surface area contributed by atoms with Crippen LogP contribution in [0.1, 0.15) is 32.7 Å². The van der Waals surface area contributed by atoms with Gasteiger partial charge in [-0.2, -0.15) is 5.26 Å². The van der Waals surface area contributed by atoms with Crippen molar-refractivity contribution in [2.45, 2.75) is 19.6 Å². The maximum atomic E-state index is 13.9. The fourth-order valence-corrected chi connectivity index (χ4v) is 3.13. The van der Waals surface area contributed by atoms with Gasteiger partial charge in [0.05, 0.1) is 31.0 Å². The molecule has 150 valence electrons. The summed E-state index contributed by atoms with van der Waals surface area (Å²) in [6.07, 6.45) is 0.238. The number of ether oxygens (including phenoxy) is 1. The molecule has 0 unspecified atom stereocenters. The van der Waals surface area contributed by atoms with Gasteiger partial charge in [-0.3, -0.25) is 14.4 Å². The number of aliphatic carboxylic acids is 1. The van der Waals surface area contributed by atoms with Crippen LogP contribution in [0.3, 0.4) is 0 Å². The highest BCUT2D eigenvalue weighted by Gasteiger charge is 2.28. The van der Waals surface area contributed by atoms with Gasteiger partial charge in [0.15, 0.2) is 0 Å². The Morgan fingerprint density at radius 1 is 1.38 bits per heavy atom. The lowest BCUT2D eigenvalue weighted by Gasteiger charge is -2.24. The molecule has 0 radical (unpaired) electrons. The Bertz CT molecular complexity index is 1100. The van der Waals surface area contributed by atoms with Crippen LogP contribution in [0.5, 0.6) is 5.75 Å². The smallest absolute Gasteiger partial charge is 0.322 e. The highest BCUT2D eigenvalue weighted by Crippen LogP contribution is 2.28. The Morgan fingerprint density at radius 3 is 2.79 bits per heavy atom. The molecule has 0 spiro atoms. The number of carbonyl (C=O) groups is 2. The molecule has 3 N–H and O–H groups in total. The number of nitrogens with zero attached hydrogens (tertiary/aromatic N) is 2. The summed E-state index contributed by atoms with van der Waals surface area (Å²) >= 11 is 0. The van der Waals surface area contributed by atoms with Crippen molar-refractivity contribution in [3.63, 3.8) is 0 Å². The first-order valence-electron chi connectivity index (χ1n) is 8.57. The Labute approximate surface area is 163 Å². The number of pyridine rings is 1. The first-order valence-corrected chi connectivity index (χ1v) is 8.57. The maximum absolute atomic E-state index is 13.9. The van der Waals surface area contributed by atoms with Crippen LogP contribution in [0.15, 0.2) is 23.0 Å². The van der Waals surface area contributed by atoms with Gasteiger partial charge in [-0.15, -0.1) is 0 Å². The third-order valence-corrected chi connectivity index (χ3v) is 4.51. The fraction of sp³-hybridized carbons (Fsp3) is 0.263. The van der Waals surface area contributed by atoms with E-state index in [1.165, 1.54) is 16.7 Å². The van der Waals surface area contributed by atoms with E-state index in [9.17, 15) is 23.9 Å². The second kappa shape index (κ2) is 8.12. The zero-order chi connectivity index (χ0) is 21.1. The summed E-state index contributed by atoms with van der Waals surface area (Å²) in [7, 11) is 0. The van der Waals surface area contributed by atoms with Gasteiger partial charge in [0.1, 0.15) is 29.7 Å². The van der Waals surface area contributed by atoms with Crippen LogP contribution in [0.2, 0.25) is 0 Å². The molecule has 1 aliphatic rings. The summed E-state index contributed by atoms with van der Waals surface area (Å²) in [4.78, 5) is 36.0. The standard InChI is InChI=1S/C19H16FN3O6/c20-13-5-10(1-2-11(13)6-21)8-23-14-9-29-4-3-12(14)17(26)16(19(23)28)18(27)22-7-15(24)25/h1-2,5,26H,3-4,7-9H2,(H,22,27)(H,24,25). The van der Waals surface area contributed by atoms with Gasteiger partial charge >= 0.3 is 5.97 Å². The summed E-state index contributed by atoms with van der Waals surface area (Å²) < 4.78 is 20.5. The number of amides is 1. The largest absolute Gasteiger partial charge is 0.507 e. The average molecular weight is 401 g/mol. The molecule has 0 saturated heterocycles. The number of hydrogen-bond donors (Lipinski definition) is 3. The number of rotatable bonds is 5. The first-order chi connectivity index (χ1) is 13.8. The number of carbonyl (C=O) groups excluding carboxylic acids is 1. The van der Waals surface area contributed by atoms with Gasteiger partial charge in [0.25, 0.3) is 11.5 Å². The number of carboxylic acid groups (broad SMARTS) is 1. The van der Waals surface area contributed by atoms with Crippen LogP contribution >= 0.6 is 0 Å². The molecule has 1 amide bonds. The van der Waals surface area contributed by atoms with Crippen LogP contribution in [0.4, 0.5) is 4.39 Å². The number of aromatic hydroxyl groups is 1. The monoisotopic (exact) mass is 401 g/mol. The van der Waals surface area contributed by atoms with E-state index < -0.39 is 41.1 Å². The van der Waals surface area contributed by atoms with E-state index in [4.69, 9.17) is 15.1 Å². The maximum Gasteiger partial charge on any atom is 0.322 e. The molecule has 1 aromatic heterocycles. The molecular weight excluding hydrogens is 385 g/mol. The van der Waals surface area contributed by atoms with Crippen LogP contribution in [0, 0.1) is 17.1 Å². The van der Waals surface area contributed by atoms with E-state index in [1.54, 1.807) is 6.07 Å². The molecule has 2 heterocycles. The van der Waals surface area contributed by atoms with Crippen LogP contribution in [-0.4, -0.2) is 39.8 Å². The van der Waals surface area contributed by atoms with Gasteiger partial charge in [-0.25, -0.2) is 4.39 Å². The minimum Gasteiger partial charge on any atom is -0.507 e. The number of halogens is 1. The predicted molar refractivity (Wildman–Crippen MR) is 95.9 cm³/mol. The van der Waals surface area contributed by atoms with E-state index in [2.05, 4.69) is 5.32 Å². The lowest BCUT2D eigenvalue weighted by molar-refractivity contribution is -0.135. The minimum atomic E-state index is -1.31. The Morgan fingerprint density at radius 2 is 2.14 bits per heavy atom. The highest BCUT2D eigenvalue weighted by atomic mass is 19.1. The molecule has 0 atom stereocenters. The number of hydrogen-bond acceptors (Lipinski definition) is 6. The van der Waals surface area contributed by atoms with Gasteiger partial charge in [0.2, 0.25) is 0 Å². The van der Waals surface area contributed by atoms with E-state index >= 15 is 0 Å². The zero-order valence-electron chi connectivity index (χ0n) is 15.1. The topological polar surface area (TPSA) is 142 Å². The van der Waals surface area contributed by atoms with E-state index in [-0.39, 0.29) is 31.7 Å². The molecule has 1 aromatic carbocycles. The molecule has 1 aliphatic heterocycles. The SMILES string of the molecule is N#Cc1ccc(Cn2c3c(c(O)c(C(=O)NCC(=O)O)c2=O)CCOC3)cc1F. The lowest BCUT2D eigenvalue weighted by atomic mass is 10.0. The summed E-state index contributed by atoms with van der Waals surface area (Å²) in [6, 6.07) is 5.56. The molecule has 9 nitrogen and oxygen atoms in total. The summed E-state index contributed by atoms with van der Waals surface area (Å²) in [5.41, 5.74) is -0.547. The summed E-state index contributed by atoms with van der Waals surface area (Å²) in [6.45, 7) is -0.584. The van der Waals surface area contributed by atoms with E-state index in [0.29, 0.717) is 16.8 Å². The molecular formula is C19H16FN3O6. The summed E-state index contributed by atoms with van der Waals surface area (Å²) in [5, 5.41) is 30.1. The van der Waals surface area contributed by atoms with E-state index in [0.717, 1.165) is 6.07 Å². The van der Waals surface area contributed by atoms with Crippen molar-refractivity contribution in [3.05, 3.63) is 62.3 Å². The molecule has 0 aliphatic carbocycles. The first kappa shape index (κ1) is 20.0. The Hall–Kier alpha value is -3.71. The van der Waals surface area contributed by atoms with Gasteiger partial charge in [-0.05, 0) is 17.7 Å². The van der Waals surface area contributed by atoms with Gasteiger partial charge in [0, 0.05) is 12.0 Å². The number of fused-ring (bicyclic) bond motifs is 1. The molecule has 29 heavy (non-hydrogen) atoms. The second-order valence-electron chi connectivity index (χ2n) is 6.35. The van der Waals surface area contributed by atoms with Crippen molar-refractivity contribution in [1.29, 1.82) is 5.26 Å². The van der Waals surface area contributed by atoms with Crippen molar-refractivity contribution in [2.24, 2.45) is 0 Å². The second-order valence-corrected chi connectivity index (χ2v) is 6.35. The normalized spacial score (nSPS) is 12.7. The molecule has 0 bridgehead atoms. The molecule has 0 fully saturated rings. The minimum absolute atomic E-state index is 0.00786. The Kier molecular flexibility index (Phi) is 5.61. The summed E-state index contributed by atoms with van der Waals surface area (Å²) in [5.74, 6) is -3.60. The fourth-order valence-electron chi connectivity index (χ4n) is 3.13. The molecule has 3 rings (SSSR count). The third-order valence-electron chi connectivity index (χ3n) is 4.51. The number of carboxylic acids is 1. The lowest BCUT2D eigenvalue weighted by Crippen LogP contribution is -2.38. The molecule has 10 heteroatoms. The van der Waals surface area contributed by atoms with Crippen LogP contribution in [0.25, 0.3) is 0 Å². The number of benzene rings is 1. The van der Waals surface area contributed by atoms with Crippen molar-refractivity contribution < 1.29 is 28.9 Å². The van der Waals surface area contributed by atoms with Gasteiger partial charge < -0.3 is 24.8 Å². The van der Waals surface area contributed by atoms with Gasteiger partial charge in [-0.1, -0.05) is 6.07 Å². The van der Waals surface area contributed by atoms with E-state index in [1.807, 2.05) is 0 Å². The van der Waals surface area contributed by atoms with Crippen molar-refractivity contribution in [2.75, 3.05) is 13.2 Å².